The van der Waals surface area contributed by atoms with Crippen LogP contribution in [0.4, 0.5) is 14.5 Å². The van der Waals surface area contributed by atoms with Crippen molar-refractivity contribution in [3.05, 3.63) is 35.7 Å². The number of nitrogens with one attached hydrogen (secondary N) is 1. The maximum absolute atomic E-state index is 13.5. The third kappa shape index (κ3) is 3.26. The highest BCUT2D eigenvalue weighted by molar-refractivity contribution is 6.09. The lowest BCUT2D eigenvalue weighted by atomic mass is 9.95. The van der Waals surface area contributed by atoms with E-state index in [2.05, 4.69) is 20.6 Å². The second kappa shape index (κ2) is 7.01. The number of carbonyl (C=O) groups is 2. The first-order chi connectivity index (χ1) is 13.0. The maximum atomic E-state index is 13.5. The Balaban J connectivity index is 1.46. The molecule has 27 heavy (non-hydrogen) atoms. The quantitative estimate of drug-likeness (QED) is 0.814. The summed E-state index contributed by atoms with van der Waals surface area (Å²) in [6, 6.07) is 3.30. The summed E-state index contributed by atoms with van der Waals surface area (Å²) in [4.78, 5) is 28.6. The minimum atomic E-state index is -1.02. The molecule has 2 aliphatic rings. The molecule has 0 aliphatic carbocycles. The smallest absolute Gasteiger partial charge is 0.239 e. The minimum Gasteiger partial charge on any atom is -0.341 e. The number of aromatic amines is 1. The number of aromatic nitrogens is 4. The molecule has 2 amide bonds. The van der Waals surface area contributed by atoms with E-state index in [1.54, 1.807) is 4.90 Å². The predicted octanol–water partition coefficient (Wildman–Crippen LogP) is 1.24. The summed E-state index contributed by atoms with van der Waals surface area (Å²) >= 11 is 0. The number of benzene rings is 1. The molecule has 2 aromatic rings. The highest BCUT2D eigenvalue weighted by Crippen LogP contribution is 2.30. The number of carbonyl (C=O) groups excluding carboxylic acids is 2. The molecule has 0 unspecified atom stereocenters. The van der Waals surface area contributed by atoms with Gasteiger partial charge in [-0.15, -0.1) is 10.2 Å². The Morgan fingerprint density at radius 1 is 1.19 bits per heavy atom. The Labute approximate surface area is 153 Å². The van der Waals surface area contributed by atoms with Crippen molar-refractivity contribution < 1.29 is 18.4 Å². The van der Waals surface area contributed by atoms with Gasteiger partial charge in [-0.3, -0.25) is 9.59 Å². The van der Waals surface area contributed by atoms with E-state index < -0.39 is 17.6 Å². The predicted molar refractivity (Wildman–Crippen MR) is 89.6 cm³/mol. The van der Waals surface area contributed by atoms with Crippen LogP contribution in [0.3, 0.4) is 0 Å². The number of tetrazole rings is 1. The fourth-order valence-corrected chi connectivity index (χ4v) is 3.77. The van der Waals surface area contributed by atoms with Crippen molar-refractivity contribution in [2.45, 2.75) is 25.2 Å². The van der Waals surface area contributed by atoms with Gasteiger partial charge in [0.25, 0.3) is 0 Å². The minimum absolute atomic E-state index is 0.0137. The summed E-state index contributed by atoms with van der Waals surface area (Å²) in [5.74, 6) is -2.87. The molecule has 1 aromatic heterocycles. The molecule has 2 atom stereocenters. The van der Waals surface area contributed by atoms with Crippen LogP contribution in [-0.2, 0) is 9.59 Å². The van der Waals surface area contributed by atoms with E-state index in [0.29, 0.717) is 31.9 Å². The Hall–Kier alpha value is -2.91. The van der Waals surface area contributed by atoms with Crippen molar-refractivity contribution in [1.29, 1.82) is 0 Å². The molecule has 0 radical (unpaired) electrons. The molecule has 2 saturated heterocycles. The van der Waals surface area contributed by atoms with E-state index in [9.17, 15) is 18.4 Å². The number of halogens is 2. The number of nitrogens with zero attached hydrogens (tertiary/aromatic N) is 5. The van der Waals surface area contributed by atoms with Crippen LogP contribution in [0.1, 0.15) is 31.0 Å². The van der Waals surface area contributed by atoms with Crippen LogP contribution in [0.5, 0.6) is 0 Å². The molecule has 2 aliphatic heterocycles. The first-order valence-corrected chi connectivity index (χ1v) is 8.83. The lowest BCUT2D eigenvalue weighted by molar-refractivity contribution is -0.140. The second-order valence-corrected chi connectivity index (χ2v) is 6.82. The molecule has 0 saturated carbocycles. The fourth-order valence-electron chi connectivity index (χ4n) is 3.77. The van der Waals surface area contributed by atoms with Gasteiger partial charge < -0.3 is 9.80 Å². The number of hydrogen-bond acceptors (Lipinski definition) is 5. The molecular formula is C17H18F2N6O2. The summed E-state index contributed by atoms with van der Waals surface area (Å²) < 4.78 is 26.6. The van der Waals surface area contributed by atoms with Crippen molar-refractivity contribution in [1.82, 2.24) is 25.5 Å². The van der Waals surface area contributed by atoms with Crippen molar-refractivity contribution in [2.75, 3.05) is 24.5 Å². The molecule has 0 bridgehead atoms. The van der Waals surface area contributed by atoms with Gasteiger partial charge in [-0.1, -0.05) is 5.21 Å². The number of likely N-dealkylation sites (tertiary alicyclic amines) is 1. The van der Waals surface area contributed by atoms with Crippen LogP contribution >= 0.6 is 0 Å². The van der Waals surface area contributed by atoms with Crippen LogP contribution in [0.25, 0.3) is 0 Å². The summed E-state index contributed by atoms with van der Waals surface area (Å²) in [6.45, 7) is 1.30. The Bertz CT molecular complexity index is 859. The molecule has 0 spiro atoms. The monoisotopic (exact) mass is 376 g/mol. The topological polar surface area (TPSA) is 95.1 Å². The molecule has 2 fully saturated rings. The van der Waals surface area contributed by atoms with E-state index in [1.807, 2.05) is 0 Å². The zero-order chi connectivity index (χ0) is 19.0. The molecular weight excluding hydrogens is 358 g/mol. The number of amides is 2. The largest absolute Gasteiger partial charge is 0.341 e. The molecule has 1 N–H and O–H groups in total. The zero-order valence-electron chi connectivity index (χ0n) is 14.4. The summed E-state index contributed by atoms with van der Waals surface area (Å²) in [7, 11) is 0. The number of piperidine rings is 1. The number of rotatable bonds is 3. The van der Waals surface area contributed by atoms with Crippen molar-refractivity contribution in [3.63, 3.8) is 0 Å². The number of anilines is 1. The van der Waals surface area contributed by atoms with Crippen LogP contribution in [0, 0.1) is 17.6 Å². The molecule has 8 nitrogen and oxygen atoms in total. The fraction of sp³-hybridized carbons (Fsp3) is 0.471. The van der Waals surface area contributed by atoms with E-state index >= 15 is 0 Å². The van der Waals surface area contributed by atoms with E-state index in [4.69, 9.17) is 0 Å². The van der Waals surface area contributed by atoms with Crippen LogP contribution in [-0.4, -0.2) is 57.0 Å². The van der Waals surface area contributed by atoms with Gasteiger partial charge in [0.1, 0.15) is 5.92 Å². The molecule has 142 valence electrons. The molecule has 4 rings (SSSR count). The normalized spacial score (nSPS) is 23.1. The van der Waals surface area contributed by atoms with Gasteiger partial charge in [0.05, 0.1) is 0 Å². The van der Waals surface area contributed by atoms with Gasteiger partial charge in [0.2, 0.25) is 11.8 Å². The highest BCUT2D eigenvalue weighted by Gasteiger charge is 2.41. The zero-order valence-corrected chi connectivity index (χ0v) is 14.4. The third-order valence-electron chi connectivity index (χ3n) is 5.18. The molecule has 10 heteroatoms. The average molecular weight is 376 g/mol. The van der Waals surface area contributed by atoms with Gasteiger partial charge in [0, 0.05) is 37.3 Å². The van der Waals surface area contributed by atoms with Crippen molar-refractivity contribution in [2.24, 2.45) is 5.92 Å². The number of hydrogen-bond donors (Lipinski definition) is 1. The van der Waals surface area contributed by atoms with Crippen LogP contribution in [0.2, 0.25) is 0 Å². The van der Waals surface area contributed by atoms with Crippen LogP contribution in [0.15, 0.2) is 18.2 Å². The van der Waals surface area contributed by atoms with Gasteiger partial charge in [-0.2, -0.15) is 5.21 Å². The number of H-pyrrole nitrogens is 1. The van der Waals surface area contributed by atoms with E-state index in [1.165, 1.54) is 11.0 Å². The van der Waals surface area contributed by atoms with E-state index in [-0.39, 0.29) is 23.4 Å². The Kier molecular flexibility index (Phi) is 4.54. The first kappa shape index (κ1) is 17.5. The standard InChI is InChI=1S/C17H18F2N6O2/c18-13-4-3-11(8-14(13)19)25-7-5-12(17(25)27)16(26)24-6-1-2-10(9-24)15-20-22-23-21-15/h3-4,8,10,12H,1-2,5-7,9H2,(H,20,21,22,23)/t10-,12-/m1/s1. The van der Waals surface area contributed by atoms with Crippen LogP contribution < -0.4 is 4.90 Å². The summed E-state index contributed by atoms with van der Waals surface area (Å²) in [6.07, 6.45) is 1.99. The molecule has 3 heterocycles. The van der Waals surface area contributed by atoms with Gasteiger partial charge in [-0.05, 0) is 31.4 Å². The third-order valence-corrected chi connectivity index (χ3v) is 5.18. The first-order valence-electron chi connectivity index (χ1n) is 8.83. The average Bonchev–Trinajstić information content (AvgIpc) is 3.34. The van der Waals surface area contributed by atoms with Gasteiger partial charge in [0.15, 0.2) is 17.5 Å². The molecule has 1 aromatic carbocycles. The lowest BCUT2D eigenvalue weighted by Crippen LogP contribution is -2.44. The highest BCUT2D eigenvalue weighted by atomic mass is 19.2. The Morgan fingerprint density at radius 3 is 2.78 bits per heavy atom. The van der Waals surface area contributed by atoms with Gasteiger partial charge >= 0.3 is 0 Å². The van der Waals surface area contributed by atoms with Crippen molar-refractivity contribution in [3.8, 4) is 0 Å². The lowest BCUT2D eigenvalue weighted by Gasteiger charge is -2.32. The maximum Gasteiger partial charge on any atom is 0.239 e. The Morgan fingerprint density at radius 2 is 2.04 bits per heavy atom. The SMILES string of the molecule is O=C([C@H]1CCN(c2ccc(F)c(F)c2)C1=O)N1CCC[C@@H](c2nn[nH]n2)C1. The van der Waals surface area contributed by atoms with E-state index in [0.717, 1.165) is 25.0 Å². The second-order valence-electron chi connectivity index (χ2n) is 6.82. The summed E-state index contributed by atoms with van der Waals surface area (Å²) in [5.41, 5.74) is 0.262. The van der Waals surface area contributed by atoms with Gasteiger partial charge in [-0.25, -0.2) is 8.78 Å². The summed E-state index contributed by atoms with van der Waals surface area (Å²) in [5, 5.41) is 13.9. The van der Waals surface area contributed by atoms with Crippen molar-refractivity contribution >= 4 is 17.5 Å².